The van der Waals surface area contributed by atoms with E-state index in [1.165, 1.54) is 5.56 Å². The van der Waals surface area contributed by atoms with E-state index in [2.05, 4.69) is 46.3 Å². The lowest BCUT2D eigenvalue weighted by Gasteiger charge is -2.12. The number of ether oxygens (including phenoxy) is 1. The summed E-state index contributed by atoms with van der Waals surface area (Å²) < 4.78 is 8.87. The van der Waals surface area contributed by atoms with Crippen molar-refractivity contribution in [3.63, 3.8) is 0 Å². The Balaban J connectivity index is 2.16. The maximum absolute atomic E-state index is 5.99. The summed E-state index contributed by atoms with van der Waals surface area (Å²) in [7, 11) is 1.92. The largest absolute Gasteiger partial charge is 0.453 e. The van der Waals surface area contributed by atoms with E-state index in [1.54, 1.807) is 0 Å². The highest BCUT2D eigenvalue weighted by atomic mass is 79.9. The van der Waals surface area contributed by atoms with Gasteiger partial charge < -0.3 is 10.1 Å². The average Bonchev–Trinajstić information content (AvgIpc) is 2.64. The van der Waals surface area contributed by atoms with Crippen LogP contribution in [0.2, 0.25) is 0 Å². The van der Waals surface area contributed by atoms with Crippen LogP contribution in [0.1, 0.15) is 30.8 Å². The highest BCUT2D eigenvalue weighted by Gasteiger charge is 2.12. The van der Waals surface area contributed by atoms with E-state index in [0.29, 0.717) is 6.04 Å². The van der Waals surface area contributed by atoms with Gasteiger partial charge in [0.25, 0.3) is 0 Å². The molecule has 0 saturated heterocycles. The van der Waals surface area contributed by atoms with Crippen LogP contribution in [0, 0.1) is 13.8 Å². The number of aryl methyl sites for hydroxylation is 2. The van der Waals surface area contributed by atoms with E-state index in [9.17, 15) is 0 Å². The van der Waals surface area contributed by atoms with Gasteiger partial charge in [0.05, 0.1) is 5.69 Å². The van der Waals surface area contributed by atoms with Crippen LogP contribution in [0.25, 0.3) is 0 Å². The second kappa shape index (κ2) is 6.62. The molecular formula is C16H22BrN3O. The van der Waals surface area contributed by atoms with E-state index in [4.69, 9.17) is 4.74 Å². The molecule has 2 aromatic rings. The Bertz CT molecular complexity index is 635. The normalized spacial score (nSPS) is 11.2. The van der Waals surface area contributed by atoms with Crippen LogP contribution in [0.5, 0.6) is 11.5 Å². The van der Waals surface area contributed by atoms with Crippen LogP contribution >= 0.6 is 15.9 Å². The second-order valence-electron chi connectivity index (χ2n) is 5.51. The molecule has 1 aromatic heterocycles. The maximum atomic E-state index is 5.99. The summed E-state index contributed by atoms with van der Waals surface area (Å²) in [6, 6.07) is 6.54. The van der Waals surface area contributed by atoms with Crippen LogP contribution in [0.4, 0.5) is 0 Å². The third-order valence-corrected chi connectivity index (χ3v) is 4.13. The van der Waals surface area contributed by atoms with Crippen molar-refractivity contribution < 1.29 is 4.74 Å². The minimum atomic E-state index is 0.466. The molecule has 1 aromatic carbocycles. The van der Waals surface area contributed by atoms with Gasteiger partial charge in [-0.1, -0.05) is 35.8 Å². The molecule has 4 nitrogen and oxygen atoms in total. The SMILES string of the molecule is Cc1nn(C)c(C)c1Oc1ccc(CNC(C)C)c(Br)c1. The molecule has 1 N–H and O–H groups in total. The number of nitrogens with one attached hydrogen (secondary N) is 1. The molecule has 0 fully saturated rings. The summed E-state index contributed by atoms with van der Waals surface area (Å²) in [5.41, 5.74) is 3.14. The molecular weight excluding hydrogens is 330 g/mol. The predicted octanol–water partition coefficient (Wildman–Crippen LogP) is 4.09. The molecule has 114 valence electrons. The monoisotopic (exact) mass is 351 g/mol. The van der Waals surface area contributed by atoms with Gasteiger partial charge in [-0.25, -0.2) is 0 Å². The first-order valence-corrected chi connectivity index (χ1v) is 7.87. The summed E-state index contributed by atoms with van der Waals surface area (Å²) in [6.07, 6.45) is 0. The van der Waals surface area contributed by atoms with Crippen molar-refractivity contribution in [2.24, 2.45) is 7.05 Å². The van der Waals surface area contributed by atoms with Crippen LogP contribution in [-0.4, -0.2) is 15.8 Å². The fourth-order valence-electron chi connectivity index (χ4n) is 2.07. The average molecular weight is 352 g/mol. The molecule has 0 atom stereocenters. The standard InChI is InChI=1S/C16H22BrN3O/c1-10(2)18-9-13-6-7-14(8-15(13)17)21-16-11(3)19-20(5)12(16)4/h6-8,10,18H,9H2,1-5H3. The summed E-state index contributed by atoms with van der Waals surface area (Å²) in [5.74, 6) is 1.65. The molecule has 0 aliphatic carbocycles. The minimum Gasteiger partial charge on any atom is -0.453 e. The molecule has 0 bridgehead atoms. The van der Waals surface area contributed by atoms with E-state index >= 15 is 0 Å². The molecule has 0 spiro atoms. The van der Waals surface area contributed by atoms with Gasteiger partial charge in [-0.3, -0.25) is 4.68 Å². The van der Waals surface area contributed by atoms with Gasteiger partial charge in [0.1, 0.15) is 11.4 Å². The maximum Gasteiger partial charge on any atom is 0.171 e. The van der Waals surface area contributed by atoms with Crippen molar-refractivity contribution in [2.45, 2.75) is 40.3 Å². The Labute approximate surface area is 134 Å². The minimum absolute atomic E-state index is 0.466. The number of nitrogens with zero attached hydrogens (tertiary/aromatic N) is 2. The lowest BCUT2D eigenvalue weighted by molar-refractivity contribution is 0.473. The fraction of sp³-hybridized carbons (Fsp3) is 0.438. The van der Waals surface area contributed by atoms with Crippen molar-refractivity contribution in [3.05, 3.63) is 39.6 Å². The zero-order valence-electron chi connectivity index (χ0n) is 13.2. The zero-order chi connectivity index (χ0) is 15.6. The van der Waals surface area contributed by atoms with Crippen molar-refractivity contribution >= 4 is 15.9 Å². The second-order valence-corrected chi connectivity index (χ2v) is 6.37. The van der Waals surface area contributed by atoms with Gasteiger partial charge in [0.15, 0.2) is 5.75 Å². The molecule has 2 rings (SSSR count). The third-order valence-electron chi connectivity index (χ3n) is 3.39. The molecule has 0 radical (unpaired) electrons. The van der Waals surface area contributed by atoms with Crippen molar-refractivity contribution in [1.29, 1.82) is 0 Å². The quantitative estimate of drug-likeness (QED) is 0.881. The molecule has 0 saturated carbocycles. The lowest BCUT2D eigenvalue weighted by atomic mass is 10.2. The molecule has 1 heterocycles. The van der Waals surface area contributed by atoms with E-state index in [0.717, 1.165) is 33.9 Å². The van der Waals surface area contributed by atoms with Gasteiger partial charge in [-0.05, 0) is 31.5 Å². The predicted molar refractivity (Wildman–Crippen MR) is 88.9 cm³/mol. The first kappa shape index (κ1) is 16.0. The van der Waals surface area contributed by atoms with Gasteiger partial charge >= 0.3 is 0 Å². The smallest absolute Gasteiger partial charge is 0.171 e. The topological polar surface area (TPSA) is 39.1 Å². The first-order chi connectivity index (χ1) is 9.88. The molecule has 0 amide bonds. The fourth-order valence-corrected chi connectivity index (χ4v) is 2.57. The van der Waals surface area contributed by atoms with Crippen LogP contribution < -0.4 is 10.1 Å². The Hall–Kier alpha value is -1.33. The number of benzene rings is 1. The third kappa shape index (κ3) is 3.86. The number of aromatic nitrogens is 2. The Kier molecular flexibility index (Phi) is 5.06. The first-order valence-electron chi connectivity index (χ1n) is 7.08. The molecule has 0 unspecified atom stereocenters. The number of rotatable bonds is 5. The molecule has 5 heteroatoms. The number of hydrogen-bond donors (Lipinski definition) is 1. The van der Waals surface area contributed by atoms with E-state index in [-0.39, 0.29) is 0 Å². The Morgan fingerprint density at radius 2 is 2.05 bits per heavy atom. The molecule has 0 aliphatic heterocycles. The van der Waals surface area contributed by atoms with Gasteiger partial charge in [-0.15, -0.1) is 0 Å². The van der Waals surface area contributed by atoms with Crippen LogP contribution in [0.15, 0.2) is 22.7 Å². The van der Waals surface area contributed by atoms with Crippen LogP contribution in [-0.2, 0) is 13.6 Å². The summed E-state index contributed by atoms with van der Waals surface area (Å²) >= 11 is 3.61. The number of halogens is 1. The Morgan fingerprint density at radius 1 is 1.33 bits per heavy atom. The molecule has 21 heavy (non-hydrogen) atoms. The highest BCUT2D eigenvalue weighted by molar-refractivity contribution is 9.10. The zero-order valence-corrected chi connectivity index (χ0v) is 14.8. The van der Waals surface area contributed by atoms with Crippen molar-refractivity contribution in [2.75, 3.05) is 0 Å². The van der Waals surface area contributed by atoms with Gasteiger partial charge in [0, 0.05) is 24.1 Å². The summed E-state index contributed by atoms with van der Waals surface area (Å²) in [5, 5.41) is 7.77. The van der Waals surface area contributed by atoms with Gasteiger partial charge in [-0.2, -0.15) is 5.10 Å². The van der Waals surface area contributed by atoms with E-state index < -0.39 is 0 Å². The van der Waals surface area contributed by atoms with Crippen molar-refractivity contribution in [1.82, 2.24) is 15.1 Å². The molecule has 0 aliphatic rings. The number of hydrogen-bond acceptors (Lipinski definition) is 3. The highest BCUT2D eigenvalue weighted by Crippen LogP contribution is 2.30. The van der Waals surface area contributed by atoms with E-state index in [1.807, 2.05) is 37.7 Å². The Morgan fingerprint density at radius 3 is 2.57 bits per heavy atom. The summed E-state index contributed by atoms with van der Waals surface area (Å²) in [6.45, 7) is 9.08. The lowest BCUT2D eigenvalue weighted by Crippen LogP contribution is -2.21. The van der Waals surface area contributed by atoms with Gasteiger partial charge in [0.2, 0.25) is 0 Å². The van der Waals surface area contributed by atoms with Crippen LogP contribution in [0.3, 0.4) is 0 Å². The van der Waals surface area contributed by atoms with Crippen molar-refractivity contribution in [3.8, 4) is 11.5 Å². The summed E-state index contributed by atoms with van der Waals surface area (Å²) in [4.78, 5) is 0.